The molecule has 1 fully saturated rings. The number of benzene rings is 1. The fraction of sp³-hybridized carbons (Fsp3) is 0.389. The first kappa shape index (κ1) is 21.6. The molecule has 1 saturated heterocycles. The van der Waals surface area contributed by atoms with Crippen molar-refractivity contribution < 1.29 is 24.4 Å². The van der Waals surface area contributed by atoms with Crippen LogP contribution in [0, 0.1) is 0 Å². The lowest BCUT2D eigenvalue weighted by Crippen LogP contribution is -2.73. The van der Waals surface area contributed by atoms with Crippen LogP contribution in [-0.4, -0.2) is 55.0 Å². The van der Waals surface area contributed by atoms with Crippen molar-refractivity contribution in [2.45, 2.75) is 18.9 Å². The zero-order chi connectivity index (χ0) is 20.9. The van der Waals surface area contributed by atoms with Crippen LogP contribution in [0.25, 0.3) is 0 Å². The average molecular weight is 409 g/mol. The summed E-state index contributed by atoms with van der Waals surface area (Å²) in [5.41, 5.74) is 11.8. The highest BCUT2D eigenvalue weighted by Gasteiger charge is 2.44. The number of ether oxygens (including phenoxy) is 1. The Labute approximate surface area is 168 Å². The van der Waals surface area contributed by atoms with Crippen LogP contribution in [-0.2, 0) is 9.59 Å². The molecule has 10 heteroatoms. The van der Waals surface area contributed by atoms with Gasteiger partial charge >= 0.3 is 5.91 Å². The molecule has 1 aromatic rings. The van der Waals surface area contributed by atoms with E-state index in [2.05, 4.69) is 28.3 Å². The van der Waals surface area contributed by atoms with Crippen molar-refractivity contribution in [2.75, 3.05) is 32.5 Å². The minimum atomic E-state index is -1.35. The fourth-order valence-corrected chi connectivity index (χ4v) is 2.80. The van der Waals surface area contributed by atoms with Crippen molar-refractivity contribution in [3.63, 3.8) is 0 Å². The first-order chi connectivity index (χ1) is 13.2. The number of hydrogen-bond acceptors (Lipinski definition) is 7. The van der Waals surface area contributed by atoms with Gasteiger partial charge in [-0.1, -0.05) is 0 Å². The van der Waals surface area contributed by atoms with E-state index in [4.69, 9.17) is 16.2 Å². The normalized spacial score (nSPS) is 20.4. The number of anilines is 1. The van der Waals surface area contributed by atoms with Gasteiger partial charge in [0, 0.05) is 22.8 Å². The van der Waals surface area contributed by atoms with E-state index in [9.17, 15) is 14.7 Å². The molecule has 1 atom stereocenters. The minimum absolute atomic E-state index is 0.145. The Balaban J connectivity index is 2.26. The molecular formula is C18H26N5O4S+. The summed E-state index contributed by atoms with van der Waals surface area (Å²) in [6.07, 6.45) is 0.291. The molecule has 0 spiro atoms. The second-order valence-electron chi connectivity index (χ2n) is 6.49. The van der Waals surface area contributed by atoms with E-state index >= 15 is 0 Å². The number of hydrogen-bond donors (Lipinski definition) is 7. The highest BCUT2D eigenvalue weighted by atomic mass is 32.1. The molecule has 9 nitrogen and oxygen atoms in total. The van der Waals surface area contributed by atoms with Crippen LogP contribution < -0.4 is 31.8 Å². The van der Waals surface area contributed by atoms with Gasteiger partial charge < -0.3 is 31.9 Å². The number of allylic oxidation sites excluding steroid dienone is 1. The summed E-state index contributed by atoms with van der Waals surface area (Å²) in [5, 5.41) is 14.9. The van der Waals surface area contributed by atoms with E-state index in [1.807, 2.05) is 0 Å². The highest BCUT2D eigenvalue weighted by molar-refractivity contribution is 7.84. The van der Waals surface area contributed by atoms with E-state index in [1.165, 1.54) is 0 Å². The van der Waals surface area contributed by atoms with E-state index in [-0.39, 0.29) is 12.3 Å². The molecule has 0 saturated carbocycles. The molecule has 8 N–H and O–H groups in total. The van der Waals surface area contributed by atoms with Gasteiger partial charge in [0.2, 0.25) is 5.91 Å². The van der Waals surface area contributed by atoms with Crippen LogP contribution in [0.5, 0.6) is 5.75 Å². The van der Waals surface area contributed by atoms with Crippen LogP contribution >= 0.6 is 12.6 Å². The van der Waals surface area contributed by atoms with E-state index in [0.29, 0.717) is 40.6 Å². The van der Waals surface area contributed by atoms with Crippen molar-refractivity contribution >= 4 is 35.8 Å². The number of nitrogen functional groups attached to an aromatic ring is 1. The van der Waals surface area contributed by atoms with Crippen LogP contribution in [0.2, 0.25) is 0 Å². The number of thiol groups is 1. The second-order valence-corrected chi connectivity index (χ2v) is 7.03. The van der Waals surface area contributed by atoms with Crippen LogP contribution in [0.4, 0.5) is 5.69 Å². The highest BCUT2D eigenvalue weighted by Crippen LogP contribution is 2.22. The summed E-state index contributed by atoms with van der Waals surface area (Å²) in [6, 6.07) is 4.88. The fourth-order valence-electron chi connectivity index (χ4n) is 2.74. The third-order valence-corrected chi connectivity index (χ3v) is 4.98. The number of carbonyl (C=O) groups is 2. The molecule has 0 bridgehead atoms. The molecule has 1 unspecified atom stereocenters. The van der Waals surface area contributed by atoms with Gasteiger partial charge in [-0.15, -0.1) is 12.6 Å². The molecule has 28 heavy (non-hydrogen) atoms. The monoisotopic (exact) mass is 408 g/mol. The summed E-state index contributed by atoms with van der Waals surface area (Å²) in [4.78, 5) is 28.3. The number of nitrogens with two attached hydrogens (primary N) is 2. The molecule has 0 radical (unpaired) electrons. The average Bonchev–Trinajstić information content (AvgIpc) is 3.02. The standard InChI is InChI=1S/C18H25N5O4S/c1-10(19)14(28)8-27-11-3-4-13(20)12(7-11)15(21-2)16(25)23-18(9-24)5-6-22-17(18)26/h3-4,7,24,28H,5-6,8-9,19-20H2,1-2H3,(H,22,26)(H,23,25)/p+1/b14-10-,21-15?. The zero-order valence-corrected chi connectivity index (χ0v) is 16.7. The molecule has 1 aliphatic heterocycles. The lowest BCUT2D eigenvalue weighted by Gasteiger charge is -2.24. The Morgan fingerprint density at radius 1 is 1.50 bits per heavy atom. The summed E-state index contributed by atoms with van der Waals surface area (Å²) in [7, 11) is 1.56. The van der Waals surface area contributed by atoms with Gasteiger partial charge in [0.1, 0.15) is 24.9 Å². The first-order valence-corrected chi connectivity index (χ1v) is 9.12. The van der Waals surface area contributed by atoms with Crippen molar-refractivity contribution in [2.24, 2.45) is 5.73 Å². The van der Waals surface area contributed by atoms with Crippen molar-refractivity contribution in [1.29, 1.82) is 0 Å². The Hall–Kier alpha value is -2.72. The second kappa shape index (κ2) is 8.98. The number of rotatable bonds is 7. The van der Waals surface area contributed by atoms with Crippen LogP contribution in [0.1, 0.15) is 18.9 Å². The lowest BCUT2D eigenvalue weighted by atomic mass is 9.97. The third kappa shape index (κ3) is 4.57. The molecule has 0 aliphatic carbocycles. The van der Waals surface area contributed by atoms with Crippen LogP contribution in [0.15, 0.2) is 28.8 Å². The van der Waals surface area contributed by atoms with E-state index in [1.54, 1.807) is 32.2 Å². The molecular weight excluding hydrogens is 382 g/mol. The van der Waals surface area contributed by atoms with Crippen molar-refractivity contribution in [3.05, 3.63) is 34.4 Å². The minimum Gasteiger partial charge on any atom is -0.488 e. The topological polar surface area (TPSA) is 154 Å². The van der Waals surface area contributed by atoms with Gasteiger partial charge in [0.25, 0.3) is 5.71 Å². The van der Waals surface area contributed by atoms with Gasteiger partial charge in [-0.05, 0) is 31.5 Å². The maximum Gasteiger partial charge on any atom is 0.317 e. The summed E-state index contributed by atoms with van der Waals surface area (Å²) in [6.45, 7) is 1.76. The summed E-state index contributed by atoms with van der Waals surface area (Å²) in [5.74, 6) is -0.521. The van der Waals surface area contributed by atoms with E-state index < -0.39 is 24.0 Å². The van der Waals surface area contributed by atoms with E-state index in [0.717, 1.165) is 0 Å². The molecule has 2 rings (SSSR count). The Morgan fingerprint density at radius 3 is 2.75 bits per heavy atom. The third-order valence-electron chi connectivity index (χ3n) is 4.50. The Kier molecular flexibility index (Phi) is 6.92. The molecule has 1 aliphatic rings. The number of aliphatic hydroxyl groups is 1. The maximum atomic E-state index is 12.8. The number of carbonyl (C=O) groups excluding carboxylic acids is 2. The smallest absolute Gasteiger partial charge is 0.317 e. The molecule has 2 amide bonds. The largest absolute Gasteiger partial charge is 0.488 e. The molecule has 1 aromatic carbocycles. The first-order valence-electron chi connectivity index (χ1n) is 8.67. The molecule has 0 aromatic heterocycles. The maximum absolute atomic E-state index is 12.8. The SMILES string of the molecule is C[NH+]=C(C(=O)NC1(CO)CCNC1=O)c1cc(OC/C(S)=C(\C)N)ccc1N. The molecule has 152 valence electrons. The molecule has 1 heterocycles. The lowest BCUT2D eigenvalue weighted by molar-refractivity contribution is -0.418. The summed E-state index contributed by atoms with van der Waals surface area (Å²) >= 11 is 4.25. The van der Waals surface area contributed by atoms with Gasteiger partial charge in [0.15, 0.2) is 0 Å². The van der Waals surface area contributed by atoms with Gasteiger partial charge in [0.05, 0.1) is 12.2 Å². The van der Waals surface area contributed by atoms with Gasteiger partial charge in [-0.2, -0.15) is 0 Å². The van der Waals surface area contributed by atoms with Crippen molar-refractivity contribution in [3.8, 4) is 5.75 Å². The number of aliphatic hydroxyl groups excluding tert-OH is 1. The predicted molar refractivity (Wildman–Crippen MR) is 109 cm³/mol. The quantitative estimate of drug-likeness (QED) is 0.152. The Bertz CT molecular complexity index is 835. The summed E-state index contributed by atoms with van der Waals surface area (Å²) < 4.78 is 5.64. The Morgan fingerprint density at radius 2 is 2.21 bits per heavy atom. The zero-order valence-electron chi connectivity index (χ0n) is 15.8. The van der Waals surface area contributed by atoms with Gasteiger partial charge in [-0.25, -0.2) is 4.99 Å². The predicted octanol–water partition coefficient (Wildman–Crippen LogP) is -2.37. The number of amides is 2. The van der Waals surface area contributed by atoms with Gasteiger partial charge in [-0.3, -0.25) is 9.59 Å². The van der Waals surface area contributed by atoms with Crippen LogP contribution in [0.3, 0.4) is 0 Å². The number of nitrogens with one attached hydrogen (secondary N) is 3. The van der Waals surface area contributed by atoms with Crippen molar-refractivity contribution in [1.82, 2.24) is 10.6 Å².